The van der Waals surface area contributed by atoms with Crippen LogP contribution in [-0.2, 0) is 11.0 Å². The van der Waals surface area contributed by atoms with E-state index in [1.807, 2.05) is 36.4 Å². The lowest BCUT2D eigenvalue weighted by atomic mass is 10.1. The van der Waals surface area contributed by atoms with Crippen molar-refractivity contribution in [3.63, 3.8) is 0 Å². The zero-order chi connectivity index (χ0) is 22.6. The van der Waals surface area contributed by atoms with E-state index in [-0.39, 0.29) is 33.7 Å². The molecule has 0 aliphatic carbocycles. The van der Waals surface area contributed by atoms with E-state index in [0.717, 1.165) is 23.8 Å². The fraction of sp³-hybridized carbons (Fsp3) is 0.130. The number of furan rings is 1. The van der Waals surface area contributed by atoms with Gasteiger partial charge in [0.25, 0.3) is 5.91 Å². The molecule has 8 heteroatoms. The Kier molecular flexibility index (Phi) is 6.52. The summed E-state index contributed by atoms with van der Waals surface area (Å²) in [6.45, 7) is 1.78. The lowest BCUT2D eigenvalue weighted by Crippen LogP contribution is -2.27. The molecule has 0 saturated carbocycles. The number of alkyl halides is 3. The molecule has 0 aliphatic heterocycles. The molecule has 1 N–H and O–H groups in total. The summed E-state index contributed by atoms with van der Waals surface area (Å²) in [5, 5.41) is 12.2. The van der Waals surface area contributed by atoms with E-state index in [1.165, 1.54) is 18.2 Å². The highest BCUT2D eigenvalue weighted by atomic mass is 35.5. The predicted molar refractivity (Wildman–Crippen MR) is 111 cm³/mol. The van der Waals surface area contributed by atoms with Crippen LogP contribution in [0.4, 0.5) is 13.2 Å². The molecule has 0 bridgehead atoms. The summed E-state index contributed by atoms with van der Waals surface area (Å²) >= 11 is 6.03. The van der Waals surface area contributed by atoms with Gasteiger partial charge in [0, 0.05) is 11.6 Å². The number of nitrogens with zero attached hydrogens (tertiary/aromatic N) is 1. The topological polar surface area (TPSA) is 66.0 Å². The number of halogens is 4. The van der Waals surface area contributed by atoms with Crippen LogP contribution in [0.3, 0.4) is 0 Å². The molecule has 1 aromatic heterocycles. The van der Waals surface area contributed by atoms with Crippen molar-refractivity contribution in [1.29, 1.82) is 5.26 Å². The zero-order valence-electron chi connectivity index (χ0n) is 16.2. The summed E-state index contributed by atoms with van der Waals surface area (Å²) in [5.74, 6) is -0.394. The first kappa shape index (κ1) is 22.2. The van der Waals surface area contributed by atoms with Crippen LogP contribution in [-0.4, -0.2) is 5.91 Å². The summed E-state index contributed by atoms with van der Waals surface area (Å²) in [4.78, 5) is 12.5. The molecule has 1 heterocycles. The predicted octanol–water partition coefficient (Wildman–Crippen LogP) is 6.40. The van der Waals surface area contributed by atoms with Crippen molar-refractivity contribution < 1.29 is 22.4 Å². The Morgan fingerprint density at radius 2 is 1.87 bits per heavy atom. The molecule has 2 aromatic carbocycles. The molecule has 0 saturated heterocycles. The summed E-state index contributed by atoms with van der Waals surface area (Å²) in [5.41, 5.74) is -0.157. The smallest absolute Gasteiger partial charge is 0.416 e. The highest BCUT2D eigenvalue weighted by Crippen LogP contribution is 2.36. The quantitative estimate of drug-likeness (QED) is 0.365. The van der Waals surface area contributed by atoms with E-state index >= 15 is 0 Å². The van der Waals surface area contributed by atoms with E-state index in [2.05, 4.69) is 5.32 Å². The van der Waals surface area contributed by atoms with Crippen molar-refractivity contribution in [2.45, 2.75) is 19.1 Å². The maximum absolute atomic E-state index is 13.0. The van der Waals surface area contributed by atoms with Gasteiger partial charge in [-0.15, -0.1) is 0 Å². The molecule has 3 rings (SSSR count). The maximum atomic E-state index is 13.0. The number of hydrogen-bond donors (Lipinski definition) is 1. The standard InChI is InChI=1S/C23H16ClF3N2O2/c1-14(15-5-3-2-4-6-15)29-22(30)16(13-28)11-18-8-10-21(31-18)19-12-17(23(25,26)27)7-9-20(19)24/h2-12,14H,1H3,(H,29,30)/b16-11+. The van der Waals surface area contributed by atoms with Crippen molar-refractivity contribution in [3.8, 4) is 17.4 Å². The van der Waals surface area contributed by atoms with Gasteiger partial charge in [0.05, 0.1) is 16.6 Å². The third kappa shape index (κ3) is 5.36. The third-order valence-electron chi connectivity index (χ3n) is 4.48. The Balaban J connectivity index is 1.83. The number of nitriles is 1. The van der Waals surface area contributed by atoms with Crippen LogP contribution in [0.25, 0.3) is 17.4 Å². The summed E-state index contributed by atoms with van der Waals surface area (Å²) < 4.78 is 44.5. The number of carbonyl (C=O) groups is 1. The van der Waals surface area contributed by atoms with Gasteiger partial charge in [-0.25, -0.2) is 0 Å². The molecule has 4 nitrogen and oxygen atoms in total. The molecule has 0 spiro atoms. The van der Waals surface area contributed by atoms with Crippen LogP contribution in [0.5, 0.6) is 0 Å². The normalized spacial score (nSPS) is 12.8. The van der Waals surface area contributed by atoms with Crippen LogP contribution in [0.1, 0.15) is 29.9 Å². The van der Waals surface area contributed by atoms with E-state index in [9.17, 15) is 23.2 Å². The SMILES string of the molecule is CC(NC(=O)/C(C#N)=C/c1ccc(-c2cc(C(F)(F)F)ccc2Cl)o1)c1ccccc1. The molecular formula is C23H16ClF3N2O2. The minimum absolute atomic E-state index is 0.0526. The van der Waals surface area contributed by atoms with E-state index in [0.29, 0.717) is 0 Å². The van der Waals surface area contributed by atoms with Crippen molar-refractivity contribution in [2.24, 2.45) is 0 Å². The second-order valence-electron chi connectivity index (χ2n) is 6.67. The fourth-order valence-corrected chi connectivity index (χ4v) is 3.07. The zero-order valence-corrected chi connectivity index (χ0v) is 17.0. The third-order valence-corrected chi connectivity index (χ3v) is 4.81. The summed E-state index contributed by atoms with van der Waals surface area (Å²) in [6, 6.07) is 16.5. The monoisotopic (exact) mass is 444 g/mol. The average Bonchev–Trinajstić information content (AvgIpc) is 3.20. The molecule has 0 fully saturated rings. The van der Waals surface area contributed by atoms with Crippen LogP contribution in [0.15, 0.2) is 70.7 Å². The molecule has 1 amide bonds. The first-order valence-corrected chi connectivity index (χ1v) is 9.51. The van der Waals surface area contributed by atoms with Crippen molar-refractivity contribution >= 4 is 23.6 Å². The molecule has 0 radical (unpaired) electrons. The Morgan fingerprint density at radius 1 is 1.16 bits per heavy atom. The molecule has 0 aliphatic rings. The summed E-state index contributed by atoms with van der Waals surface area (Å²) in [6.07, 6.45) is -3.31. The number of nitrogens with one attached hydrogen (secondary N) is 1. The van der Waals surface area contributed by atoms with Gasteiger partial charge >= 0.3 is 6.18 Å². The van der Waals surface area contributed by atoms with E-state index in [1.54, 1.807) is 6.92 Å². The highest BCUT2D eigenvalue weighted by Gasteiger charge is 2.31. The van der Waals surface area contributed by atoms with E-state index < -0.39 is 17.6 Å². The van der Waals surface area contributed by atoms with Crippen molar-refractivity contribution in [2.75, 3.05) is 0 Å². The molecule has 31 heavy (non-hydrogen) atoms. The van der Waals surface area contributed by atoms with Gasteiger partial charge in [-0.3, -0.25) is 4.79 Å². The lowest BCUT2D eigenvalue weighted by molar-refractivity contribution is -0.137. The number of hydrogen-bond acceptors (Lipinski definition) is 3. The lowest BCUT2D eigenvalue weighted by Gasteiger charge is -2.13. The second kappa shape index (κ2) is 9.11. The van der Waals surface area contributed by atoms with Crippen LogP contribution in [0.2, 0.25) is 5.02 Å². The largest absolute Gasteiger partial charge is 0.457 e. The van der Waals surface area contributed by atoms with Crippen LogP contribution in [0, 0.1) is 11.3 Å². The van der Waals surface area contributed by atoms with Gasteiger partial charge < -0.3 is 9.73 Å². The maximum Gasteiger partial charge on any atom is 0.416 e. The number of amides is 1. The number of benzene rings is 2. The molecule has 158 valence electrons. The second-order valence-corrected chi connectivity index (χ2v) is 7.08. The van der Waals surface area contributed by atoms with Crippen molar-refractivity contribution in [1.82, 2.24) is 5.32 Å². The molecule has 1 unspecified atom stereocenters. The molecule has 3 aromatic rings. The van der Waals surface area contributed by atoms with E-state index in [4.69, 9.17) is 16.0 Å². The van der Waals surface area contributed by atoms with Gasteiger partial charge in [-0.2, -0.15) is 18.4 Å². The first-order valence-electron chi connectivity index (χ1n) is 9.13. The van der Waals surface area contributed by atoms with Crippen LogP contribution < -0.4 is 5.32 Å². The minimum Gasteiger partial charge on any atom is -0.457 e. The van der Waals surface area contributed by atoms with Crippen molar-refractivity contribution in [3.05, 3.63) is 88.1 Å². The average molecular weight is 445 g/mol. The Labute approximate surface area is 181 Å². The first-order chi connectivity index (χ1) is 14.7. The Morgan fingerprint density at radius 3 is 2.52 bits per heavy atom. The molecular weight excluding hydrogens is 429 g/mol. The van der Waals surface area contributed by atoms with Gasteiger partial charge in [0.1, 0.15) is 23.2 Å². The van der Waals surface area contributed by atoms with Crippen LogP contribution >= 0.6 is 11.6 Å². The minimum atomic E-state index is -4.53. The van der Waals surface area contributed by atoms with Gasteiger partial charge in [-0.1, -0.05) is 41.9 Å². The van der Waals surface area contributed by atoms with Gasteiger partial charge in [-0.05, 0) is 42.8 Å². The molecule has 1 atom stereocenters. The number of carbonyl (C=O) groups excluding carboxylic acids is 1. The summed E-state index contributed by atoms with van der Waals surface area (Å²) in [7, 11) is 0. The fourth-order valence-electron chi connectivity index (χ4n) is 2.86. The van der Waals surface area contributed by atoms with Gasteiger partial charge in [0.2, 0.25) is 0 Å². The Bertz CT molecular complexity index is 1160. The highest BCUT2D eigenvalue weighted by molar-refractivity contribution is 6.33. The number of rotatable bonds is 5. The van der Waals surface area contributed by atoms with Gasteiger partial charge in [0.15, 0.2) is 0 Å². The Hall–Kier alpha value is -3.50.